The summed E-state index contributed by atoms with van der Waals surface area (Å²) in [6, 6.07) is -4.97. The highest BCUT2D eigenvalue weighted by atomic mass is 127. The first-order chi connectivity index (χ1) is 10.9. The first-order valence-electron chi connectivity index (χ1n) is 7.62. The monoisotopic (exact) mass is 500 g/mol. The summed E-state index contributed by atoms with van der Waals surface area (Å²) >= 11 is 0. The zero-order valence-electron chi connectivity index (χ0n) is 14.1. The minimum Gasteiger partial charge on any atom is -1.00 e. The standard InChI is InChI=1S/2C6H15N3O3.HI.H2O/c2*7-1-4(10)2(8)6(12)3(9)5(1)11;;/h2*1-6,10-12H,7-9H2;1H;1H2/t1-,2+,3?,4?,5-,6+;;;. The Labute approximate surface area is 167 Å². The van der Waals surface area contributed by atoms with E-state index in [1.54, 1.807) is 0 Å². The molecule has 2 fully saturated rings. The molecule has 160 valence electrons. The number of halogens is 1. The summed E-state index contributed by atoms with van der Waals surface area (Å²) in [4.78, 5) is 0. The van der Waals surface area contributed by atoms with Crippen LogP contribution in [0.3, 0.4) is 0 Å². The normalized spacial score (nSPS) is 51.2. The molecule has 0 aromatic carbocycles. The molecule has 6 atom stereocenters. The minimum absolute atomic E-state index is 0. The summed E-state index contributed by atoms with van der Waals surface area (Å²) in [5, 5.41) is 55.8. The Kier molecular flexibility index (Phi) is 12.3. The zero-order chi connectivity index (χ0) is 18.9. The number of rotatable bonds is 0. The van der Waals surface area contributed by atoms with Crippen LogP contribution in [0.1, 0.15) is 0 Å². The second kappa shape index (κ2) is 11.3. The second-order valence-electron chi connectivity index (χ2n) is 6.49. The molecule has 0 aromatic heterocycles. The third-order valence-electron chi connectivity index (χ3n) is 4.82. The molecule has 0 aromatic rings. The SMILES string of the molecule is NC1C(O)C(N)C(O)C(N)C1O.N[C@@H]1C(O)[C@H](N)[C@H](O)C([NH3+])[C@@H]1O.O.[I-]. The molecule has 0 radical (unpaired) electrons. The van der Waals surface area contributed by atoms with Crippen LogP contribution in [0.15, 0.2) is 0 Å². The highest BCUT2D eigenvalue weighted by Crippen LogP contribution is 2.17. The predicted molar refractivity (Wildman–Crippen MR) is 86.2 cm³/mol. The third-order valence-corrected chi connectivity index (χ3v) is 4.82. The van der Waals surface area contributed by atoms with Gasteiger partial charge in [0, 0.05) is 0 Å². The Morgan fingerprint density at radius 2 is 0.615 bits per heavy atom. The van der Waals surface area contributed by atoms with Gasteiger partial charge in [-0.3, -0.25) is 0 Å². The fraction of sp³-hybridized carbons (Fsp3) is 1.00. The van der Waals surface area contributed by atoms with Gasteiger partial charge in [0.25, 0.3) is 0 Å². The van der Waals surface area contributed by atoms with Crippen molar-refractivity contribution in [3.8, 4) is 0 Å². The zero-order valence-corrected chi connectivity index (χ0v) is 16.2. The number of hydrogen-bond acceptors (Lipinski definition) is 11. The number of hydrogen-bond donors (Lipinski definition) is 12. The quantitative estimate of drug-likeness (QED) is 0.139. The lowest BCUT2D eigenvalue weighted by Crippen LogP contribution is -3.00. The van der Waals surface area contributed by atoms with Crippen LogP contribution in [-0.4, -0.2) is 109 Å². The molecule has 0 bridgehead atoms. The molecule has 13 nitrogen and oxygen atoms in total. The van der Waals surface area contributed by atoms with Gasteiger partial charge < -0.3 is 94.5 Å². The van der Waals surface area contributed by atoms with Crippen molar-refractivity contribution < 1.29 is 65.8 Å². The number of aliphatic hydroxyl groups is 6. The van der Waals surface area contributed by atoms with E-state index in [1.807, 2.05) is 0 Å². The molecule has 0 amide bonds. The molecule has 2 unspecified atom stereocenters. The molecule has 0 aliphatic heterocycles. The lowest BCUT2D eigenvalue weighted by molar-refractivity contribution is -0.464. The van der Waals surface area contributed by atoms with Crippen molar-refractivity contribution in [3.63, 3.8) is 0 Å². The average molecular weight is 500 g/mol. The molecule has 21 N–H and O–H groups in total. The van der Waals surface area contributed by atoms with Crippen molar-refractivity contribution >= 4 is 0 Å². The van der Waals surface area contributed by atoms with Crippen LogP contribution in [-0.2, 0) is 0 Å². The highest BCUT2D eigenvalue weighted by Gasteiger charge is 2.47. The van der Waals surface area contributed by atoms with Gasteiger partial charge in [-0.2, -0.15) is 0 Å². The van der Waals surface area contributed by atoms with Crippen LogP contribution in [0, 0.1) is 0 Å². The van der Waals surface area contributed by atoms with E-state index in [0.717, 1.165) is 0 Å². The maximum Gasteiger partial charge on any atom is 0.140 e. The maximum atomic E-state index is 9.34. The van der Waals surface area contributed by atoms with Crippen molar-refractivity contribution in [3.05, 3.63) is 0 Å². The van der Waals surface area contributed by atoms with Crippen molar-refractivity contribution in [2.24, 2.45) is 28.7 Å². The van der Waals surface area contributed by atoms with E-state index >= 15 is 0 Å². The lowest BCUT2D eigenvalue weighted by Gasteiger charge is -2.41. The lowest BCUT2D eigenvalue weighted by atomic mass is 9.81. The van der Waals surface area contributed by atoms with E-state index in [0.29, 0.717) is 0 Å². The Bertz CT molecular complexity index is 263. The molecule has 2 rings (SSSR count). The average Bonchev–Trinajstić information content (AvgIpc) is 2.58. The maximum absolute atomic E-state index is 9.34. The largest absolute Gasteiger partial charge is 1.00 e. The number of aliphatic hydroxyl groups excluding tert-OH is 6. The summed E-state index contributed by atoms with van der Waals surface area (Å²) in [6.45, 7) is 0. The van der Waals surface area contributed by atoms with E-state index in [9.17, 15) is 30.6 Å². The van der Waals surface area contributed by atoms with Gasteiger partial charge in [-0.05, 0) is 0 Å². The molecule has 0 heterocycles. The van der Waals surface area contributed by atoms with Crippen LogP contribution in [0.4, 0.5) is 0 Å². The topological polar surface area (TPSA) is 311 Å². The van der Waals surface area contributed by atoms with Crippen molar-refractivity contribution in [1.82, 2.24) is 0 Å². The van der Waals surface area contributed by atoms with Crippen molar-refractivity contribution in [1.29, 1.82) is 0 Å². The van der Waals surface area contributed by atoms with Crippen LogP contribution in [0.2, 0.25) is 0 Å². The Morgan fingerprint density at radius 1 is 0.462 bits per heavy atom. The molecular weight excluding hydrogens is 467 g/mol. The molecule has 14 heteroatoms. The third kappa shape index (κ3) is 5.61. The molecule has 2 aliphatic carbocycles. The first kappa shape index (κ1) is 28.4. The van der Waals surface area contributed by atoms with Crippen molar-refractivity contribution in [2.45, 2.75) is 72.9 Å². The van der Waals surface area contributed by atoms with Gasteiger partial charge in [0.1, 0.15) is 18.2 Å². The Morgan fingerprint density at radius 3 is 0.808 bits per heavy atom. The van der Waals surface area contributed by atoms with Gasteiger partial charge in [-0.1, -0.05) is 0 Å². The van der Waals surface area contributed by atoms with Crippen molar-refractivity contribution in [2.75, 3.05) is 0 Å². The van der Waals surface area contributed by atoms with E-state index in [2.05, 4.69) is 5.73 Å². The Hall–Kier alpha value is 0.210. The van der Waals surface area contributed by atoms with E-state index in [-0.39, 0.29) is 29.5 Å². The van der Waals surface area contributed by atoms with Gasteiger partial charge in [-0.25, -0.2) is 0 Å². The van der Waals surface area contributed by atoms with Crippen LogP contribution < -0.4 is 58.4 Å². The van der Waals surface area contributed by atoms with Gasteiger partial charge in [0.2, 0.25) is 0 Å². The number of nitrogens with two attached hydrogens (primary N) is 5. The highest BCUT2D eigenvalue weighted by molar-refractivity contribution is 5.04. The molecule has 0 spiro atoms. The summed E-state index contributed by atoms with van der Waals surface area (Å²) in [6.07, 6.45) is -6.43. The summed E-state index contributed by atoms with van der Waals surface area (Å²) in [7, 11) is 0. The van der Waals surface area contributed by atoms with E-state index in [1.165, 1.54) is 0 Å². The molecule has 0 saturated heterocycles. The minimum atomic E-state index is -1.12. The van der Waals surface area contributed by atoms with Gasteiger partial charge in [0.15, 0.2) is 0 Å². The number of quaternary nitrogens is 1. The van der Waals surface area contributed by atoms with Gasteiger partial charge >= 0.3 is 0 Å². The summed E-state index contributed by atoms with van der Waals surface area (Å²) in [5.41, 5.74) is 30.6. The summed E-state index contributed by atoms with van der Waals surface area (Å²) < 4.78 is 0. The predicted octanol–water partition coefficient (Wildman–Crippen LogP) is -12.4. The van der Waals surface area contributed by atoms with Gasteiger partial charge in [0.05, 0.1) is 54.6 Å². The summed E-state index contributed by atoms with van der Waals surface area (Å²) in [5.74, 6) is 0. The molecular formula is C12H33IN6O7. The first-order valence-corrected chi connectivity index (χ1v) is 7.62. The second-order valence-corrected chi connectivity index (χ2v) is 6.49. The van der Waals surface area contributed by atoms with Crippen LogP contribution >= 0.6 is 0 Å². The fourth-order valence-corrected chi connectivity index (χ4v) is 2.81. The molecule has 26 heavy (non-hydrogen) atoms. The van der Waals surface area contributed by atoms with Crippen LogP contribution in [0.25, 0.3) is 0 Å². The van der Waals surface area contributed by atoms with E-state index in [4.69, 9.17) is 28.7 Å². The fourth-order valence-electron chi connectivity index (χ4n) is 2.81. The van der Waals surface area contributed by atoms with Gasteiger partial charge in [-0.15, -0.1) is 0 Å². The smallest absolute Gasteiger partial charge is 0.140 e. The Balaban J connectivity index is 0. The van der Waals surface area contributed by atoms with Crippen LogP contribution in [0.5, 0.6) is 0 Å². The van der Waals surface area contributed by atoms with E-state index < -0.39 is 72.9 Å². The molecule has 2 aliphatic rings. The molecule has 2 saturated carbocycles.